The normalized spacial score (nSPS) is 10.3. The van der Waals surface area contributed by atoms with Crippen LogP contribution in [0.2, 0.25) is 0 Å². The van der Waals surface area contributed by atoms with E-state index in [-0.39, 0.29) is 5.95 Å². The number of rotatable bonds is 2. The largest absolute Gasteiger partial charge is 0.496 e. The second-order valence-electron chi connectivity index (χ2n) is 3.12. The van der Waals surface area contributed by atoms with E-state index in [9.17, 15) is 0 Å². The zero-order chi connectivity index (χ0) is 10.8. The molecule has 0 amide bonds. The minimum Gasteiger partial charge on any atom is -0.496 e. The van der Waals surface area contributed by atoms with Crippen LogP contribution in [-0.2, 0) is 7.05 Å². The number of methoxy groups -OCH3 is 1. The minimum absolute atomic E-state index is 0.262. The Morgan fingerprint density at radius 1 is 1.33 bits per heavy atom. The fourth-order valence-electron chi connectivity index (χ4n) is 1.47. The van der Waals surface area contributed by atoms with Crippen molar-refractivity contribution in [3.8, 4) is 17.1 Å². The third-order valence-corrected chi connectivity index (χ3v) is 2.13. The Bertz CT molecular complexity index is 478. The summed E-state index contributed by atoms with van der Waals surface area (Å²) >= 11 is 0. The van der Waals surface area contributed by atoms with Crippen molar-refractivity contribution < 1.29 is 4.74 Å². The number of nitrogen functional groups attached to an aromatic ring is 1. The number of nitrogens with two attached hydrogens (primary N) is 1. The first-order valence-electron chi connectivity index (χ1n) is 4.52. The summed E-state index contributed by atoms with van der Waals surface area (Å²) in [4.78, 5) is 4.14. The van der Waals surface area contributed by atoms with Crippen LogP contribution in [0.25, 0.3) is 11.4 Å². The highest BCUT2D eigenvalue weighted by Crippen LogP contribution is 2.27. The molecule has 5 nitrogen and oxygen atoms in total. The standard InChI is InChI=1S/C10H12N4O/c1-14-9(12-10(11)13-14)7-5-3-4-6-8(7)15-2/h3-6H,1-2H3,(H2,11,13). The van der Waals surface area contributed by atoms with Gasteiger partial charge in [0.05, 0.1) is 12.7 Å². The second kappa shape index (κ2) is 3.61. The molecule has 0 saturated heterocycles. The predicted octanol–water partition coefficient (Wildman–Crippen LogP) is 1.07. The zero-order valence-electron chi connectivity index (χ0n) is 8.64. The van der Waals surface area contributed by atoms with Crippen LogP contribution in [0, 0.1) is 0 Å². The maximum atomic E-state index is 5.52. The van der Waals surface area contributed by atoms with E-state index < -0.39 is 0 Å². The van der Waals surface area contributed by atoms with Crippen molar-refractivity contribution >= 4 is 5.95 Å². The van der Waals surface area contributed by atoms with E-state index in [0.29, 0.717) is 5.82 Å². The smallest absolute Gasteiger partial charge is 0.240 e. The summed E-state index contributed by atoms with van der Waals surface area (Å²) in [6, 6.07) is 7.62. The van der Waals surface area contributed by atoms with Gasteiger partial charge in [0.2, 0.25) is 5.95 Å². The molecule has 0 radical (unpaired) electrons. The molecule has 1 heterocycles. The van der Waals surface area contributed by atoms with E-state index >= 15 is 0 Å². The summed E-state index contributed by atoms with van der Waals surface area (Å²) < 4.78 is 6.87. The molecule has 2 rings (SSSR count). The number of hydrogen-bond acceptors (Lipinski definition) is 4. The van der Waals surface area contributed by atoms with Crippen LogP contribution in [0.3, 0.4) is 0 Å². The number of aromatic nitrogens is 3. The summed E-state index contributed by atoms with van der Waals surface area (Å²) in [5.41, 5.74) is 6.41. The lowest BCUT2D eigenvalue weighted by Crippen LogP contribution is -1.96. The lowest BCUT2D eigenvalue weighted by molar-refractivity contribution is 0.416. The van der Waals surface area contributed by atoms with Crippen LogP contribution in [0.15, 0.2) is 24.3 Å². The molecular weight excluding hydrogens is 192 g/mol. The lowest BCUT2D eigenvalue weighted by atomic mass is 10.2. The molecule has 1 aromatic heterocycles. The molecule has 2 aromatic rings. The Hall–Kier alpha value is -2.04. The first kappa shape index (κ1) is 9.51. The van der Waals surface area contributed by atoms with Crippen LogP contribution in [0.4, 0.5) is 5.95 Å². The van der Waals surface area contributed by atoms with Gasteiger partial charge >= 0.3 is 0 Å². The van der Waals surface area contributed by atoms with E-state index in [1.807, 2.05) is 24.3 Å². The molecule has 1 aromatic carbocycles. The molecular formula is C10H12N4O. The fraction of sp³-hybridized carbons (Fsp3) is 0.200. The van der Waals surface area contributed by atoms with Crippen LogP contribution in [0.5, 0.6) is 5.75 Å². The second-order valence-corrected chi connectivity index (χ2v) is 3.12. The van der Waals surface area contributed by atoms with Gasteiger partial charge in [0.1, 0.15) is 5.75 Å². The van der Waals surface area contributed by atoms with Gasteiger partial charge in [-0.3, -0.25) is 0 Å². The van der Waals surface area contributed by atoms with Gasteiger partial charge in [-0.1, -0.05) is 12.1 Å². The molecule has 0 aliphatic rings. The highest BCUT2D eigenvalue weighted by Gasteiger charge is 2.11. The Labute approximate surface area is 87.5 Å². The highest BCUT2D eigenvalue weighted by atomic mass is 16.5. The van der Waals surface area contributed by atoms with Crippen LogP contribution in [0.1, 0.15) is 0 Å². The summed E-state index contributed by atoms with van der Waals surface area (Å²) in [5, 5.41) is 3.99. The average molecular weight is 204 g/mol. The molecule has 0 aliphatic carbocycles. The van der Waals surface area contributed by atoms with Crippen LogP contribution < -0.4 is 10.5 Å². The van der Waals surface area contributed by atoms with Gasteiger partial charge in [0.25, 0.3) is 0 Å². The molecule has 2 N–H and O–H groups in total. The van der Waals surface area contributed by atoms with Crippen molar-refractivity contribution in [2.75, 3.05) is 12.8 Å². The fourth-order valence-corrected chi connectivity index (χ4v) is 1.47. The number of anilines is 1. The summed E-state index contributed by atoms with van der Waals surface area (Å²) in [6.45, 7) is 0. The topological polar surface area (TPSA) is 66.0 Å². The summed E-state index contributed by atoms with van der Waals surface area (Å²) in [7, 11) is 3.42. The Balaban J connectivity index is 2.58. The van der Waals surface area contributed by atoms with Gasteiger partial charge in [-0.2, -0.15) is 4.98 Å². The number of benzene rings is 1. The van der Waals surface area contributed by atoms with E-state index in [4.69, 9.17) is 10.5 Å². The lowest BCUT2D eigenvalue weighted by Gasteiger charge is -2.06. The van der Waals surface area contributed by atoms with Gasteiger partial charge in [0.15, 0.2) is 5.82 Å². The molecule has 0 fully saturated rings. The maximum Gasteiger partial charge on any atom is 0.240 e. The number of hydrogen-bond donors (Lipinski definition) is 1. The summed E-state index contributed by atoms with van der Waals surface area (Å²) in [5.74, 6) is 1.72. The monoisotopic (exact) mass is 204 g/mol. The maximum absolute atomic E-state index is 5.52. The SMILES string of the molecule is COc1ccccc1-c1nc(N)nn1C. The third-order valence-electron chi connectivity index (χ3n) is 2.13. The minimum atomic E-state index is 0.262. The van der Waals surface area contributed by atoms with Crippen molar-refractivity contribution in [1.82, 2.24) is 14.8 Å². The van der Waals surface area contributed by atoms with Crippen molar-refractivity contribution in [1.29, 1.82) is 0 Å². The Kier molecular flexibility index (Phi) is 2.29. The number of para-hydroxylation sites is 1. The van der Waals surface area contributed by atoms with E-state index in [2.05, 4.69) is 10.1 Å². The van der Waals surface area contributed by atoms with Crippen LogP contribution >= 0.6 is 0 Å². The van der Waals surface area contributed by atoms with Gasteiger partial charge in [-0.15, -0.1) is 5.10 Å². The quantitative estimate of drug-likeness (QED) is 0.794. The van der Waals surface area contributed by atoms with E-state index in [1.54, 1.807) is 18.8 Å². The molecule has 0 bridgehead atoms. The number of aryl methyl sites for hydroxylation is 1. The molecule has 0 unspecified atom stereocenters. The first-order chi connectivity index (χ1) is 7.22. The molecule has 0 atom stereocenters. The zero-order valence-corrected chi connectivity index (χ0v) is 8.64. The predicted molar refractivity (Wildman–Crippen MR) is 57.4 cm³/mol. The Morgan fingerprint density at radius 2 is 2.07 bits per heavy atom. The van der Waals surface area contributed by atoms with Crippen LogP contribution in [-0.4, -0.2) is 21.9 Å². The number of ether oxygens (including phenoxy) is 1. The van der Waals surface area contributed by atoms with E-state index in [1.165, 1.54) is 0 Å². The van der Waals surface area contributed by atoms with Crippen molar-refractivity contribution in [2.24, 2.45) is 7.05 Å². The van der Waals surface area contributed by atoms with Gasteiger partial charge < -0.3 is 10.5 Å². The third kappa shape index (κ3) is 1.63. The molecule has 0 spiro atoms. The van der Waals surface area contributed by atoms with E-state index in [0.717, 1.165) is 11.3 Å². The molecule has 15 heavy (non-hydrogen) atoms. The summed E-state index contributed by atoms with van der Waals surface area (Å²) in [6.07, 6.45) is 0. The van der Waals surface area contributed by atoms with Crippen molar-refractivity contribution in [2.45, 2.75) is 0 Å². The van der Waals surface area contributed by atoms with Crippen molar-refractivity contribution in [3.05, 3.63) is 24.3 Å². The van der Waals surface area contributed by atoms with Gasteiger partial charge in [0, 0.05) is 7.05 Å². The van der Waals surface area contributed by atoms with Gasteiger partial charge in [-0.25, -0.2) is 4.68 Å². The Morgan fingerprint density at radius 3 is 2.67 bits per heavy atom. The molecule has 0 aliphatic heterocycles. The first-order valence-corrected chi connectivity index (χ1v) is 4.52. The molecule has 78 valence electrons. The average Bonchev–Trinajstić information content (AvgIpc) is 2.57. The molecule has 0 saturated carbocycles. The molecule has 5 heteroatoms. The van der Waals surface area contributed by atoms with Crippen molar-refractivity contribution in [3.63, 3.8) is 0 Å². The van der Waals surface area contributed by atoms with Gasteiger partial charge in [-0.05, 0) is 12.1 Å². The number of nitrogens with zero attached hydrogens (tertiary/aromatic N) is 3. The highest BCUT2D eigenvalue weighted by molar-refractivity contribution is 5.64.